The maximum Gasteiger partial charge on any atom is 0.207 e. The van der Waals surface area contributed by atoms with E-state index < -0.39 is 15.3 Å². The summed E-state index contributed by atoms with van der Waals surface area (Å²) in [6.07, 6.45) is 0. The van der Waals surface area contributed by atoms with Crippen molar-refractivity contribution in [1.82, 2.24) is 0 Å². The molecular weight excluding hydrogens is 524 g/mol. The van der Waals surface area contributed by atoms with Gasteiger partial charge in [-0.15, -0.1) is 0 Å². The quantitative estimate of drug-likeness (QED) is 0.215. The fourth-order valence-electron chi connectivity index (χ4n) is 5.14. The predicted octanol–water partition coefficient (Wildman–Crippen LogP) is 6.72. The molecule has 4 aromatic rings. The standard InChI is InChI=1S/C25H14Br2O2S/c26-15-9-11-23-21(13-15)25(22-14-16(27)10-12-24(22)30(23,28)29)19-7-3-1-5-17(19)18-6-2-4-8-20(18)25/h1-14H. The molecule has 0 saturated carbocycles. The number of hydrogen-bond acceptors (Lipinski definition) is 2. The highest BCUT2D eigenvalue weighted by molar-refractivity contribution is 9.10. The summed E-state index contributed by atoms with van der Waals surface area (Å²) in [5, 5.41) is 0. The van der Waals surface area contributed by atoms with Gasteiger partial charge in [0.15, 0.2) is 0 Å². The number of halogens is 2. The van der Waals surface area contributed by atoms with Crippen LogP contribution in [0.15, 0.2) is 104 Å². The summed E-state index contributed by atoms with van der Waals surface area (Å²) in [4.78, 5) is 0.735. The average Bonchev–Trinajstić information content (AvgIpc) is 3.04. The molecule has 1 aliphatic heterocycles. The Kier molecular flexibility index (Phi) is 3.81. The molecule has 5 heteroatoms. The molecule has 2 aliphatic rings. The van der Waals surface area contributed by atoms with E-state index in [2.05, 4.69) is 56.1 Å². The van der Waals surface area contributed by atoms with Crippen LogP contribution in [0.3, 0.4) is 0 Å². The normalized spacial score (nSPS) is 16.5. The van der Waals surface area contributed by atoms with E-state index in [9.17, 15) is 8.42 Å². The van der Waals surface area contributed by atoms with Crippen molar-refractivity contribution >= 4 is 41.7 Å². The predicted molar refractivity (Wildman–Crippen MR) is 125 cm³/mol. The van der Waals surface area contributed by atoms with Crippen LogP contribution in [-0.4, -0.2) is 8.42 Å². The van der Waals surface area contributed by atoms with Crippen molar-refractivity contribution in [3.05, 3.63) is 116 Å². The van der Waals surface area contributed by atoms with Crippen LogP contribution in [0.25, 0.3) is 11.1 Å². The highest BCUT2D eigenvalue weighted by Crippen LogP contribution is 2.61. The van der Waals surface area contributed by atoms with E-state index in [1.807, 2.05) is 36.4 Å². The van der Waals surface area contributed by atoms with Crippen LogP contribution in [0, 0.1) is 0 Å². The van der Waals surface area contributed by atoms with Crippen LogP contribution in [-0.2, 0) is 15.3 Å². The Bertz CT molecular complexity index is 1380. The van der Waals surface area contributed by atoms with E-state index in [-0.39, 0.29) is 0 Å². The third-order valence-electron chi connectivity index (χ3n) is 6.22. The van der Waals surface area contributed by atoms with Crippen LogP contribution in [0.4, 0.5) is 0 Å². The molecule has 0 bridgehead atoms. The highest BCUT2D eigenvalue weighted by Gasteiger charge is 2.53. The summed E-state index contributed by atoms with van der Waals surface area (Å²) in [5.41, 5.74) is 5.39. The Hall–Kier alpha value is -2.21. The average molecular weight is 538 g/mol. The molecule has 146 valence electrons. The zero-order chi connectivity index (χ0) is 20.7. The SMILES string of the molecule is O=S1(=O)c2ccc(Br)cc2C2(c3ccccc3-c3ccccc32)c2cc(Br)ccc21. The summed E-state index contributed by atoms with van der Waals surface area (Å²) < 4.78 is 29.0. The third-order valence-corrected chi connectivity index (χ3v) is 9.08. The van der Waals surface area contributed by atoms with Crippen LogP contribution in [0.1, 0.15) is 22.3 Å². The van der Waals surface area contributed by atoms with Crippen molar-refractivity contribution in [3.63, 3.8) is 0 Å². The topological polar surface area (TPSA) is 34.1 Å². The first-order valence-electron chi connectivity index (χ1n) is 9.50. The first-order chi connectivity index (χ1) is 14.5. The van der Waals surface area contributed by atoms with E-state index in [1.54, 1.807) is 24.3 Å². The molecule has 0 unspecified atom stereocenters. The van der Waals surface area contributed by atoms with Crippen LogP contribution in [0.5, 0.6) is 0 Å². The highest BCUT2D eigenvalue weighted by atomic mass is 79.9. The zero-order valence-corrected chi connectivity index (χ0v) is 19.6. The van der Waals surface area contributed by atoms with Gasteiger partial charge in [-0.1, -0.05) is 80.4 Å². The Morgan fingerprint density at radius 3 is 1.47 bits per heavy atom. The summed E-state index contributed by atoms with van der Waals surface area (Å²) in [6, 6.07) is 27.7. The second kappa shape index (κ2) is 6.16. The zero-order valence-electron chi connectivity index (χ0n) is 15.6. The van der Waals surface area contributed by atoms with Crippen molar-refractivity contribution < 1.29 is 8.42 Å². The van der Waals surface area contributed by atoms with Gasteiger partial charge in [0.2, 0.25) is 9.84 Å². The second-order valence-corrected chi connectivity index (χ2v) is 11.3. The van der Waals surface area contributed by atoms with Gasteiger partial charge in [0.05, 0.1) is 15.2 Å². The second-order valence-electron chi connectivity index (χ2n) is 7.63. The van der Waals surface area contributed by atoms with E-state index in [4.69, 9.17) is 0 Å². The molecule has 6 rings (SSSR count). The van der Waals surface area contributed by atoms with Crippen molar-refractivity contribution in [2.45, 2.75) is 15.2 Å². The first-order valence-corrected chi connectivity index (χ1v) is 12.6. The Labute approximate surface area is 191 Å². The van der Waals surface area contributed by atoms with E-state index in [1.165, 1.54) is 0 Å². The van der Waals surface area contributed by atoms with E-state index in [0.29, 0.717) is 9.79 Å². The fraction of sp³-hybridized carbons (Fsp3) is 0.0400. The molecular formula is C25H14Br2O2S. The molecule has 0 radical (unpaired) electrons. The molecule has 1 heterocycles. The molecule has 2 nitrogen and oxygen atoms in total. The van der Waals surface area contributed by atoms with Crippen LogP contribution >= 0.6 is 31.9 Å². The summed E-state index contributed by atoms with van der Waals surface area (Å²) >= 11 is 7.18. The minimum absolute atomic E-state index is 0.368. The molecule has 0 aromatic heterocycles. The smallest absolute Gasteiger partial charge is 0.207 e. The number of rotatable bonds is 0. The monoisotopic (exact) mass is 536 g/mol. The Balaban J connectivity index is 1.92. The van der Waals surface area contributed by atoms with Crippen molar-refractivity contribution in [1.29, 1.82) is 0 Å². The van der Waals surface area contributed by atoms with Crippen molar-refractivity contribution in [3.8, 4) is 11.1 Å². The van der Waals surface area contributed by atoms with Crippen LogP contribution < -0.4 is 0 Å². The molecule has 1 spiro atoms. The van der Waals surface area contributed by atoms with Gasteiger partial charge in [0.1, 0.15) is 0 Å². The summed E-state index contributed by atoms with van der Waals surface area (Å²) in [7, 11) is -3.65. The van der Waals surface area contributed by atoms with Gasteiger partial charge in [0.25, 0.3) is 0 Å². The summed E-state index contributed by atoms with van der Waals surface area (Å²) in [6.45, 7) is 0. The number of benzene rings is 4. The first kappa shape index (κ1) is 18.6. The van der Waals surface area contributed by atoms with Gasteiger partial charge >= 0.3 is 0 Å². The lowest BCUT2D eigenvalue weighted by Crippen LogP contribution is -2.36. The number of fused-ring (bicyclic) bond motifs is 9. The van der Waals surface area contributed by atoms with E-state index in [0.717, 1.165) is 42.3 Å². The van der Waals surface area contributed by atoms with Gasteiger partial charge in [-0.25, -0.2) is 8.42 Å². The molecule has 4 aromatic carbocycles. The van der Waals surface area contributed by atoms with Crippen molar-refractivity contribution in [2.24, 2.45) is 0 Å². The third kappa shape index (κ3) is 2.15. The summed E-state index contributed by atoms with van der Waals surface area (Å²) in [5.74, 6) is 0. The van der Waals surface area contributed by atoms with Gasteiger partial charge < -0.3 is 0 Å². The lowest BCUT2D eigenvalue weighted by Gasteiger charge is -2.39. The lowest BCUT2D eigenvalue weighted by molar-refractivity contribution is 0.580. The molecule has 0 atom stereocenters. The molecule has 1 aliphatic carbocycles. The Morgan fingerprint density at radius 2 is 1.00 bits per heavy atom. The molecule has 0 N–H and O–H groups in total. The molecule has 30 heavy (non-hydrogen) atoms. The largest absolute Gasteiger partial charge is 0.218 e. The molecule has 0 amide bonds. The fourth-order valence-corrected chi connectivity index (χ4v) is 7.59. The Morgan fingerprint density at radius 1 is 0.567 bits per heavy atom. The van der Waals surface area contributed by atoms with Gasteiger partial charge in [-0.3, -0.25) is 0 Å². The lowest BCUT2D eigenvalue weighted by atomic mass is 9.67. The van der Waals surface area contributed by atoms with Crippen molar-refractivity contribution in [2.75, 3.05) is 0 Å². The van der Waals surface area contributed by atoms with Gasteiger partial charge in [-0.05, 0) is 69.8 Å². The molecule has 0 saturated heterocycles. The number of sulfone groups is 1. The van der Waals surface area contributed by atoms with Gasteiger partial charge in [0, 0.05) is 8.95 Å². The minimum atomic E-state index is -3.65. The maximum absolute atomic E-state index is 13.7. The number of hydrogen-bond donors (Lipinski definition) is 0. The molecule has 0 fully saturated rings. The minimum Gasteiger partial charge on any atom is -0.218 e. The van der Waals surface area contributed by atoms with Gasteiger partial charge in [-0.2, -0.15) is 0 Å². The maximum atomic E-state index is 13.7. The van der Waals surface area contributed by atoms with Crippen LogP contribution in [0.2, 0.25) is 0 Å². The van der Waals surface area contributed by atoms with E-state index >= 15 is 0 Å².